The summed E-state index contributed by atoms with van der Waals surface area (Å²) in [7, 11) is 1.59. The molecule has 0 bridgehead atoms. The van der Waals surface area contributed by atoms with Gasteiger partial charge in [0.15, 0.2) is 11.5 Å². The van der Waals surface area contributed by atoms with Crippen molar-refractivity contribution in [3.63, 3.8) is 0 Å². The van der Waals surface area contributed by atoms with Crippen LogP contribution in [0.25, 0.3) is 0 Å². The highest BCUT2D eigenvalue weighted by Gasteiger charge is 2.09. The number of hydrogen-bond donors (Lipinski definition) is 0. The van der Waals surface area contributed by atoms with E-state index in [1.165, 1.54) is 0 Å². The Hall–Kier alpha value is -2.20. The van der Waals surface area contributed by atoms with Gasteiger partial charge in [-0.2, -0.15) is 0 Å². The van der Waals surface area contributed by atoms with E-state index in [1.54, 1.807) is 31.4 Å². The van der Waals surface area contributed by atoms with E-state index in [0.717, 1.165) is 5.56 Å². The van der Waals surface area contributed by atoms with Gasteiger partial charge in [0.25, 0.3) is 0 Å². The molecule has 4 nitrogen and oxygen atoms in total. The van der Waals surface area contributed by atoms with Gasteiger partial charge in [-0.1, -0.05) is 17.7 Å². The number of rotatable bonds is 7. The van der Waals surface area contributed by atoms with E-state index in [2.05, 4.69) is 0 Å². The van der Waals surface area contributed by atoms with Crippen LogP contribution in [0.2, 0.25) is 5.02 Å². The molecule has 0 aliphatic rings. The molecule has 0 heterocycles. The van der Waals surface area contributed by atoms with Crippen molar-refractivity contribution < 1.29 is 19.0 Å². The predicted molar refractivity (Wildman–Crippen MR) is 89.6 cm³/mol. The van der Waals surface area contributed by atoms with Crippen molar-refractivity contribution in [2.45, 2.75) is 19.8 Å². The number of benzene rings is 2. The Morgan fingerprint density at radius 3 is 2.48 bits per heavy atom. The molecule has 0 spiro atoms. The molecule has 2 rings (SSSR count). The zero-order chi connectivity index (χ0) is 16.7. The Morgan fingerprint density at radius 1 is 1.09 bits per heavy atom. The van der Waals surface area contributed by atoms with Crippen LogP contribution < -0.4 is 14.2 Å². The Bertz CT molecular complexity index is 653. The largest absolute Gasteiger partial charge is 0.493 e. The highest BCUT2D eigenvalue weighted by atomic mass is 35.5. The first-order valence-electron chi connectivity index (χ1n) is 7.38. The Morgan fingerprint density at radius 2 is 1.83 bits per heavy atom. The molecule has 5 heteroatoms. The summed E-state index contributed by atoms with van der Waals surface area (Å²) < 4.78 is 16.0. The number of methoxy groups -OCH3 is 1. The number of carbonyl (C=O) groups excluding carboxylic acids is 1. The van der Waals surface area contributed by atoms with E-state index in [9.17, 15) is 4.79 Å². The van der Waals surface area contributed by atoms with Gasteiger partial charge in [0.2, 0.25) is 0 Å². The predicted octanol–water partition coefficient (Wildman–Crippen LogP) is 4.29. The van der Waals surface area contributed by atoms with Crippen molar-refractivity contribution in [2.24, 2.45) is 0 Å². The first-order chi connectivity index (χ1) is 11.1. The summed E-state index contributed by atoms with van der Waals surface area (Å²) in [6, 6.07) is 12.3. The van der Waals surface area contributed by atoms with E-state index < -0.39 is 0 Å². The van der Waals surface area contributed by atoms with Crippen LogP contribution in [0.3, 0.4) is 0 Å². The maximum absolute atomic E-state index is 11.9. The van der Waals surface area contributed by atoms with Gasteiger partial charge >= 0.3 is 5.97 Å². The molecule has 0 aromatic heterocycles. The van der Waals surface area contributed by atoms with Gasteiger partial charge in [0.1, 0.15) is 5.75 Å². The molecule has 122 valence electrons. The summed E-state index contributed by atoms with van der Waals surface area (Å²) >= 11 is 5.79. The third kappa shape index (κ3) is 5.18. The van der Waals surface area contributed by atoms with E-state index in [-0.39, 0.29) is 12.4 Å². The minimum atomic E-state index is -0.292. The maximum atomic E-state index is 11.9. The Balaban J connectivity index is 1.92. The van der Waals surface area contributed by atoms with Crippen molar-refractivity contribution in [2.75, 3.05) is 13.7 Å². The van der Waals surface area contributed by atoms with E-state index >= 15 is 0 Å². The quantitative estimate of drug-likeness (QED) is 0.560. The monoisotopic (exact) mass is 334 g/mol. The fourth-order valence-corrected chi connectivity index (χ4v) is 2.20. The summed E-state index contributed by atoms with van der Waals surface area (Å²) in [4.78, 5) is 11.9. The Kier molecular flexibility index (Phi) is 6.29. The summed E-state index contributed by atoms with van der Waals surface area (Å²) in [6.07, 6.45) is 0.842. The Labute approximate surface area is 140 Å². The van der Waals surface area contributed by atoms with Crippen molar-refractivity contribution >= 4 is 17.6 Å². The molecule has 0 saturated heterocycles. The molecule has 0 aliphatic carbocycles. The van der Waals surface area contributed by atoms with Crippen LogP contribution in [0.15, 0.2) is 42.5 Å². The van der Waals surface area contributed by atoms with Gasteiger partial charge in [0.05, 0.1) is 13.7 Å². The molecule has 0 amide bonds. The molecular weight excluding hydrogens is 316 g/mol. The number of esters is 1. The molecule has 0 N–H and O–H groups in total. The average Bonchev–Trinajstić information content (AvgIpc) is 2.56. The highest BCUT2D eigenvalue weighted by molar-refractivity contribution is 6.30. The number of aryl methyl sites for hydroxylation is 1. The van der Waals surface area contributed by atoms with Gasteiger partial charge in [-0.05, 0) is 55.3 Å². The second-order valence-corrected chi connectivity index (χ2v) is 5.28. The lowest BCUT2D eigenvalue weighted by Crippen LogP contribution is -2.09. The van der Waals surface area contributed by atoms with Gasteiger partial charge in [0, 0.05) is 11.4 Å². The zero-order valence-corrected chi connectivity index (χ0v) is 13.9. The molecule has 0 aliphatic heterocycles. The summed E-state index contributed by atoms with van der Waals surface area (Å²) in [5.74, 6) is 1.56. The first-order valence-corrected chi connectivity index (χ1v) is 7.76. The van der Waals surface area contributed by atoms with Crippen molar-refractivity contribution in [1.29, 1.82) is 0 Å². The van der Waals surface area contributed by atoms with Crippen LogP contribution in [-0.2, 0) is 11.2 Å². The molecule has 0 saturated carbocycles. The van der Waals surface area contributed by atoms with Gasteiger partial charge in [-0.15, -0.1) is 0 Å². The first kappa shape index (κ1) is 17.2. The van der Waals surface area contributed by atoms with Gasteiger partial charge in [-0.3, -0.25) is 4.79 Å². The van der Waals surface area contributed by atoms with Gasteiger partial charge < -0.3 is 14.2 Å². The normalized spacial score (nSPS) is 10.2. The van der Waals surface area contributed by atoms with Crippen LogP contribution >= 0.6 is 11.6 Å². The van der Waals surface area contributed by atoms with Crippen LogP contribution in [-0.4, -0.2) is 19.7 Å². The lowest BCUT2D eigenvalue weighted by Gasteiger charge is -2.11. The molecule has 2 aromatic rings. The van der Waals surface area contributed by atoms with Crippen molar-refractivity contribution in [3.05, 3.63) is 53.1 Å². The topological polar surface area (TPSA) is 44.8 Å². The number of hydrogen-bond acceptors (Lipinski definition) is 4. The van der Waals surface area contributed by atoms with Crippen molar-refractivity contribution in [1.82, 2.24) is 0 Å². The average molecular weight is 335 g/mol. The van der Waals surface area contributed by atoms with Crippen LogP contribution in [0.4, 0.5) is 0 Å². The standard InChI is InChI=1S/C18H19ClO4/c1-3-22-16-10-4-13(12-17(16)21-2)5-11-18(20)23-15-8-6-14(19)7-9-15/h4,6-10,12H,3,5,11H2,1-2H3. The van der Waals surface area contributed by atoms with Gasteiger partial charge in [-0.25, -0.2) is 0 Å². The number of carbonyl (C=O) groups is 1. The minimum Gasteiger partial charge on any atom is -0.493 e. The fourth-order valence-electron chi connectivity index (χ4n) is 2.07. The van der Waals surface area contributed by atoms with Crippen LogP contribution in [0.1, 0.15) is 18.9 Å². The molecule has 0 radical (unpaired) electrons. The molecule has 2 aromatic carbocycles. The lowest BCUT2D eigenvalue weighted by molar-refractivity contribution is -0.134. The molecular formula is C18H19ClO4. The SMILES string of the molecule is CCOc1ccc(CCC(=O)Oc2ccc(Cl)cc2)cc1OC. The molecule has 23 heavy (non-hydrogen) atoms. The maximum Gasteiger partial charge on any atom is 0.311 e. The van der Waals surface area contributed by atoms with E-state index in [4.69, 9.17) is 25.8 Å². The van der Waals surface area contributed by atoms with E-state index in [0.29, 0.717) is 35.3 Å². The summed E-state index contributed by atoms with van der Waals surface area (Å²) in [5, 5.41) is 0.603. The molecule has 0 unspecified atom stereocenters. The van der Waals surface area contributed by atoms with Crippen LogP contribution in [0.5, 0.6) is 17.2 Å². The van der Waals surface area contributed by atoms with Crippen molar-refractivity contribution in [3.8, 4) is 17.2 Å². The fraction of sp³-hybridized carbons (Fsp3) is 0.278. The second kappa shape index (κ2) is 8.44. The van der Waals surface area contributed by atoms with Crippen LogP contribution in [0, 0.1) is 0 Å². The summed E-state index contributed by atoms with van der Waals surface area (Å²) in [5.41, 5.74) is 0.985. The minimum absolute atomic E-state index is 0.278. The summed E-state index contributed by atoms with van der Waals surface area (Å²) in [6.45, 7) is 2.49. The second-order valence-electron chi connectivity index (χ2n) is 4.85. The third-order valence-electron chi connectivity index (χ3n) is 3.19. The number of halogens is 1. The van der Waals surface area contributed by atoms with E-state index in [1.807, 2.05) is 25.1 Å². The third-order valence-corrected chi connectivity index (χ3v) is 3.44. The number of ether oxygens (including phenoxy) is 3. The molecule has 0 atom stereocenters. The highest BCUT2D eigenvalue weighted by Crippen LogP contribution is 2.28. The molecule has 0 fully saturated rings. The smallest absolute Gasteiger partial charge is 0.311 e. The lowest BCUT2D eigenvalue weighted by atomic mass is 10.1. The zero-order valence-electron chi connectivity index (χ0n) is 13.2.